The van der Waals surface area contributed by atoms with Crippen LogP contribution in [-0.4, -0.2) is 41.0 Å². The maximum atomic E-state index is 9.65. The monoisotopic (exact) mass is 207 g/mol. The number of nitrogens with two attached hydrogens (primary N) is 1. The third-order valence-electron chi connectivity index (χ3n) is 1.06. The van der Waals surface area contributed by atoms with Gasteiger partial charge in [0.1, 0.15) is 6.04 Å². The Morgan fingerprint density at radius 3 is 1.64 bits per heavy atom. The molecule has 0 amide bonds. The van der Waals surface area contributed by atoms with Crippen LogP contribution in [0.1, 0.15) is 27.7 Å². The molecule has 0 fully saturated rings. The Kier molecular flexibility index (Phi) is 10.1. The lowest BCUT2D eigenvalue weighted by Gasteiger charge is -2.09. The zero-order chi connectivity index (χ0) is 11.7. The van der Waals surface area contributed by atoms with E-state index >= 15 is 0 Å². The molecule has 14 heavy (non-hydrogen) atoms. The van der Waals surface area contributed by atoms with E-state index in [2.05, 4.69) is 0 Å². The van der Waals surface area contributed by atoms with Crippen molar-refractivity contribution < 1.29 is 19.7 Å². The third kappa shape index (κ3) is 13.9. The number of carboxylic acids is 1. The van der Waals surface area contributed by atoms with E-state index in [0.717, 1.165) is 0 Å². The van der Waals surface area contributed by atoms with Crippen molar-refractivity contribution >= 4 is 5.97 Å². The van der Waals surface area contributed by atoms with Gasteiger partial charge < -0.3 is 20.7 Å². The standard InChI is InChI=1S/C6H14O.C3H7NO3/c1-5(2)7-6(3)4;4-2(1-5)3(6)7/h5-6H,1-4H3;2,5H,1,4H2,(H,6,7)/t;2-/m.1/s1. The molecule has 0 rings (SSSR count). The zero-order valence-electron chi connectivity index (χ0n) is 9.23. The van der Waals surface area contributed by atoms with Gasteiger partial charge in [-0.15, -0.1) is 0 Å². The number of aliphatic carboxylic acids is 1. The van der Waals surface area contributed by atoms with Crippen molar-refractivity contribution in [3.8, 4) is 0 Å². The van der Waals surface area contributed by atoms with Crippen molar-refractivity contribution in [2.75, 3.05) is 6.61 Å². The van der Waals surface area contributed by atoms with Crippen molar-refractivity contribution in [1.29, 1.82) is 0 Å². The molecule has 0 unspecified atom stereocenters. The Bertz CT molecular complexity index is 142. The summed E-state index contributed by atoms with van der Waals surface area (Å²) >= 11 is 0. The van der Waals surface area contributed by atoms with E-state index < -0.39 is 18.6 Å². The Morgan fingerprint density at radius 2 is 1.64 bits per heavy atom. The minimum atomic E-state index is -1.18. The number of hydrogen-bond donors (Lipinski definition) is 3. The second kappa shape index (κ2) is 8.93. The normalized spacial score (nSPS) is 12.3. The van der Waals surface area contributed by atoms with Gasteiger partial charge in [-0.2, -0.15) is 0 Å². The smallest absolute Gasteiger partial charge is 0.322 e. The number of hydrogen-bond acceptors (Lipinski definition) is 4. The van der Waals surface area contributed by atoms with Crippen molar-refractivity contribution in [3.05, 3.63) is 0 Å². The number of aliphatic hydroxyl groups excluding tert-OH is 1. The predicted molar refractivity (Wildman–Crippen MR) is 54.1 cm³/mol. The summed E-state index contributed by atoms with van der Waals surface area (Å²) in [6, 6.07) is -1.13. The molecule has 4 N–H and O–H groups in total. The summed E-state index contributed by atoms with van der Waals surface area (Å²) in [7, 11) is 0. The maximum Gasteiger partial charge on any atom is 0.322 e. The van der Waals surface area contributed by atoms with Gasteiger partial charge >= 0.3 is 5.97 Å². The highest BCUT2D eigenvalue weighted by Gasteiger charge is 2.06. The van der Waals surface area contributed by atoms with Crippen molar-refractivity contribution in [3.63, 3.8) is 0 Å². The van der Waals surface area contributed by atoms with Crippen LogP contribution in [0.3, 0.4) is 0 Å². The SMILES string of the molecule is CC(C)OC(C)C.N[C@H](CO)C(=O)O. The average molecular weight is 207 g/mol. The Hall–Kier alpha value is -0.650. The lowest BCUT2D eigenvalue weighted by Crippen LogP contribution is -2.33. The minimum absolute atomic E-state index is 0.375. The van der Waals surface area contributed by atoms with Gasteiger partial charge in [-0.25, -0.2) is 0 Å². The molecule has 0 aliphatic heterocycles. The largest absolute Gasteiger partial charge is 0.480 e. The first-order valence-corrected chi connectivity index (χ1v) is 4.56. The van der Waals surface area contributed by atoms with Gasteiger partial charge in [0.15, 0.2) is 0 Å². The number of rotatable bonds is 4. The summed E-state index contributed by atoms with van der Waals surface area (Å²) in [5.41, 5.74) is 4.77. The number of aliphatic hydroxyl groups is 1. The highest BCUT2D eigenvalue weighted by molar-refractivity contribution is 5.73. The molecule has 0 bridgehead atoms. The zero-order valence-corrected chi connectivity index (χ0v) is 9.23. The fraction of sp³-hybridized carbons (Fsp3) is 0.889. The van der Waals surface area contributed by atoms with Gasteiger partial charge in [0.25, 0.3) is 0 Å². The predicted octanol–water partition coefficient (Wildman–Crippen LogP) is 0.210. The maximum absolute atomic E-state index is 9.65. The van der Waals surface area contributed by atoms with E-state index in [1.54, 1.807) is 0 Å². The molecule has 0 heterocycles. The second-order valence-corrected chi connectivity index (χ2v) is 3.36. The van der Waals surface area contributed by atoms with E-state index in [1.807, 2.05) is 27.7 Å². The van der Waals surface area contributed by atoms with E-state index in [1.165, 1.54) is 0 Å². The summed E-state index contributed by atoms with van der Waals surface area (Å²) in [4.78, 5) is 9.65. The molecular formula is C9H21NO4. The molecule has 0 saturated heterocycles. The Labute approximate surface area is 84.9 Å². The first kappa shape index (κ1) is 15.8. The number of ether oxygens (including phenoxy) is 1. The van der Waals surface area contributed by atoms with Gasteiger partial charge in [0.2, 0.25) is 0 Å². The van der Waals surface area contributed by atoms with Gasteiger partial charge in [0.05, 0.1) is 18.8 Å². The fourth-order valence-corrected chi connectivity index (χ4v) is 0.622. The molecule has 0 saturated carbocycles. The topological polar surface area (TPSA) is 92.8 Å². The van der Waals surface area contributed by atoms with Crippen molar-refractivity contribution in [2.24, 2.45) is 5.73 Å². The lowest BCUT2D eigenvalue weighted by atomic mass is 10.3. The highest BCUT2D eigenvalue weighted by atomic mass is 16.5. The van der Waals surface area contributed by atoms with Crippen molar-refractivity contribution in [2.45, 2.75) is 45.9 Å². The van der Waals surface area contributed by atoms with Crippen LogP contribution in [0.15, 0.2) is 0 Å². The van der Waals surface area contributed by atoms with Gasteiger partial charge in [-0.05, 0) is 27.7 Å². The minimum Gasteiger partial charge on any atom is -0.480 e. The van der Waals surface area contributed by atoms with E-state index in [-0.39, 0.29) is 0 Å². The Morgan fingerprint density at radius 1 is 1.29 bits per heavy atom. The summed E-state index contributed by atoms with van der Waals surface area (Å²) < 4.78 is 5.25. The van der Waals surface area contributed by atoms with E-state index in [4.69, 9.17) is 20.7 Å². The van der Waals surface area contributed by atoms with E-state index in [0.29, 0.717) is 12.2 Å². The van der Waals surface area contributed by atoms with Crippen LogP contribution >= 0.6 is 0 Å². The van der Waals surface area contributed by atoms with Crippen LogP contribution in [0.4, 0.5) is 0 Å². The molecule has 86 valence electrons. The van der Waals surface area contributed by atoms with Crippen LogP contribution in [-0.2, 0) is 9.53 Å². The third-order valence-corrected chi connectivity index (χ3v) is 1.06. The summed E-state index contributed by atoms with van der Waals surface area (Å²) in [6.45, 7) is 7.66. The van der Waals surface area contributed by atoms with Crippen LogP contribution in [0.5, 0.6) is 0 Å². The van der Waals surface area contributed by atoms with Gasteiger partial charge in [-0.1, -0.05) is 0 Å². The molecule has 0 aromatic carbocycles. The average Bonchev–Trinajstić information content (AvgIpc) is 2.01. The molecular weight excluding hydrogens is 186 g/mol. The molecule has 0 spiro atoms. The van der Waals surface area contributed by atoms with Crippen LogP contribution in [0, 0.1) is 0 Å². The fourth-order valence-electron chi connectivity index (χ4n) is 0.622. The molecule has 0 aromatic heterocycles. The molecule has 0 radical (unpaired) electrons. The number of carboxylic acid groups (broad SMARTS) is 1. The lowest BCUT2D eigenvalue weighted by molar-refractivity contribution is -0.139. The molecule has 0 aromatic rings. The summed E-state index contributed by atoms with van der Waals surface area (Å²) in [5, 5.41) is 15.9. The molecule has 5 heteroatoms. The molecule has 1 atom stereocenters. The van der Waals surface area contributed by atoms with E-state index in [9.17, 15) is 4.79 Å². The molecule has 0 aliphatic rings. The van der Waals surface area contributed by atoms with Crippen molar-refractivity contribution in [1.82, 2.24) is 0 Å². The van der Waals surface area contributed by atoms with Gasteiger partial charge in [-0.3, -0.25) is 4.79 Å². The van der Waals surface area contributed by atoms with Crippen LogP contribution in [0.2, 0.25) is 0 Å². The highest BCUT2D eigenvalue weighted by Crippen LogP contribution is 1.93. The second-order valence-electron chi connectivity index (χ2n) is 3.36. The Balaban J connectivity index is 0. The van der Waals surface area contributed by atoms with Crippen LogP contribution in [0.25, 0.3) is 0 Å². The molecule has 0 aliphatic carbocycles. The summed E-state index contributed by atoms with van der Waals surface area (Å²) in [6.07, 6.45) is 0.750. The first-order valence-electron chi connectivity index (χ1n) is 4.56. The summed E-state index contributed by atoms with van der Waals surface area (Å²) in [5.74, 6) is -1.18. The quantitative estimate of drug-likeness (QED) is 0.613. The van der Waals surface area contributed by atoms with Gasteiger partial charge in [0, 0.05) is 0 Å². The number of carbonyl (C=O) groups is 1. The first-order chi connectivity index (χ1) is 6.31. The molecule has 5 nitrogen and oxygen atoms in total. The van der Waals surface area contributed by atoms with Crippen LogP contribution < -0.4 is 5.73 Å².